The van der Waals surface area contributed by atoms with Gasteiger partial charge in [0.15, 0.2) is 4.34 Å². The minimum absolute atomic E-state index is 0.0413. The van der Waals surface area contributed by atoms with Gasteiger partial charge in [-0.25, -0.2) is 8.42 Å². The van der Waals surface area contributed by atoms with Crippen LogP contribution in [0.15, 0.2) is 39.6 Å². The number of piperazine rings is 1. The molecule has 9 nitrogen and oxygen atoms in total. The third-order valence-electron chi connectivity index (χ3n) is 5.38. The number of carbonyl (C=O) groups is 2. The van der Waals surface area contributed by atoms with Crippen LogP contribution in [0.1, 0.15) is 26.2 Å². The van der Waals surface area contributed by atoms with E-state index in [1.165, 1.54) is 27.4 Å². The number of anilines is 1. The fourth-order valence-electron chi connectivity index (χ4n) is 3.46. The molecule has 2 fully saturated rings. The van der Waals surface area contributed by atoms with Gasteiger partial charge in [0.05, 0.1) is 10.6 Å². The summed E-state index contributed by atoms with van der Waals surface area (Å²) in [7, 11) is -3.54. The second-order valence-corrected chi connectivity index (χ2v) is 11.7. The second kappa shape index (κ2) is 9.86. The monoisotopic (exact) mass is 495 g/mol. The lowest BCUT2D eigenvalue weighted by Gasteiger charge is -2.34. The Labute approximate surface area is 195 Å². The van der Waals surface area contributed by atoms with Crippen LogP contribution in [-0.4, -0.2) is 77.6 Å². The van der Waals surface area contributed by atoms with Gasteiger partial charge in [-0.05, 0) is 25.0 Å². The lowest BCUT2D eigenvalue weighted by atomic mass is 10.3. The number of thioether (sulfide) groups is 1. The molecule has 0 atom stereocenters. The van der Waals surface area contributed by atoms with E-state index in [1.54, 1.807) is 40.1 Å². The van der Waals surface area contributed by atoms with Gasteiger partial charge in [0.2, 0.25) is 27.0 Å². The first kappa shape index (κ1) is 23.1. The van der Waals surface area contributed by atoms with Gasteiger partial charge in [0.25, 0.3) is 0 Å². The van der Waals surface area contributed by atoms with Crippen LogP contribution < -0.4 is 4.90 Å². The summed E-state index contributed by atoms with van der Waals surface area (Å²) in [5.74, 6) is 0.178. The maximum Gasteiger partial charge on any atom is 0.243 e. The molecular weight excluding hydrogens is 470 g/mol. The number of hydrogen-bond donors (Lipinski definition) is 0. The fourth-order valence-corrected chi connectivity index (χ4v) is 6.74. The van der Waals surface area contributed by atoms with Gasteiger partial charge in [-0.1, -0.05) is 48.2 Å². The van der Waals surface area contributed by atoms with Crippen molar-refractivity contribution in [3.8, 4) is 0 Å². The fraction of sp³-hybridized carbons (Fsp3) is 0.500. The minimum atomic E-state index is -3.54. The van der Waals surface area contributed by atoms with Gasteiger partial charge in [0.1, 0.15) is 0 Å². The zero-order chi connectivity index (χ0) is 22.7. The Kier molecular flexibility index (Phi) is 7.13. The van der Waals surface area contributed by atoms with Crippen molar-refractivity contribution in [2.24, 2.45) is 0 Å². The van der Waals surface area contributed by atoms with E-state index in [4.69, 9.17) is 0 Å². The Morgan fingerprint density at radius 3 is 2.44 bits per heavy atom. The largest absolute Gasteiger partial charge is 0.339 e. The summed E-state index contributed by atoms with van der Waals surface area (Å²) in [5, 5.41) is 8.89. The second-order valence-electron chi connectivity index (χ2n) is 7.59. The lowest BCUT2D eigenvalue weighted by molar-refractivity contribution is -0.129. The molecule has 1 aliphatic carbocycles. The van der Waals surface area contributed by atoms with E-state index < -0.39 is 10.0 Å². The first-order chi connectivity index (χ1) is 15.4. The van der Waals surface area contributed by atoms with Gasteiger partial charge in [-0.2, -0.15) is 4.31 Å². The van der Waals surface area contributed by atoms with Crippen molar-refractivity contribution in [1.82, 2.24) is 19.4 Å². The molecular formula is C20H25N5O4S3. The standard InChI is InChI=1S/C20H25N5O4S3/c1-2-17(26)25(15-8-9-15)19-21-22-20(31-19)30-14-18(27)23-10-12-24(13-11-23)32(28,29)16-6-4-3-5-7-16/h3-7,15H,2,8-14H2,1H3. The molecule has 1 saturated carbocycles. The number of hydrogen-bond acceptors (Lipinski definition) is 8. The van der Waals surface area contributed by atoms with Gasteiger partial charge in [0, 0.05) is 38.6 Å². The zero-order valence-electron chi connectivity index (χ0n) is 17.7. The summed E-state index contributed by atoms with van der Waals surface area (Å²) in [6, 6.07) is 8.56. The molecule has 1 saturated heterocycles. The van der Waals surface area contributed by atoms with Gasteiger partial charge in [-0.15, -0.1) is 10.2 Å². The van der Waals surface area contributed by atoms with E-state index >= 15 is 0 Å². The molecule has 2 aromatic rings. The van der Waals surface area contributed by atoms with Crippen molar-refractivity contribution in [1.29, 1.82) is 0 Å². The lowest BCUT2D eigenvalue weighted by Crippen LogP contribution is -2.50. The van der Waals surface area contributed by atoms with Crippen LogP contribution in [0.25, 0.3) is 0 Å². The topological polar surface area (TPSA) is 104 Å². The number of carbonyl (C=O) groups excluding carboxylic acids is 2. The molecule has 0 radical (unpaired) electrons. The Morgan fingerprint density at radius 2 is 1.81 bits per heavy atom. The summed E-state index contributed by atoms with van der Waals surface area (Å²) in [6.07, 6.45) is 2.39. The quantitative estimate of drug-likeness (QED) is 0.408. The molecule has 2 aliphatic rings. The number of amides is 2. The van der Waals surface area contributed by atoms with Crippen molar-refractivity contribution in [2.45, 2.75) is 41.5 Å². The van der Waals surface area contributed by atoms with E-state index in [1.807, 2.05) is 6.92 Å². The van der Waals surface area contributed by atoms with E-state index in [2.05, 4.69) is 10.2 Å². The molecule has 172 valence electrons. The molecule has 1 aromatic heterocycles. The first-order valence-electron chi connectivity index (χ1n) is 10.5. The maximum absolute atomic E-state index is 12.7. The van der Waals surface area contributed by atoms with Gasteiger partial charge >= 0.3 is 0 Å². The summed E-state index contributed by atoms with van der Waals surface area (Å²) in [4.78, 5) is 28.5. The van der Waals surface area contributed by atoms with Crippen LogP contribution in [0.5, 0.6) is 0 Å². The third kappa shape index (κ3) is 5.13. The molecule has 4 rings (SSSR count). The van der Waals surface area contributed by atoms with E-state index in [-0.39, 0.29) is 41.6 Å². The summed E-state index contributed by atoms with van der Waals surface area (Å²) in [5.41, 5.74) is 0. The summed E-state index contributed by atoms with van der Waals surface area (Å²) < 4.78 is 27.5. The van der Waals surface area contributed by atoms with Gasteiger partial charge in [-0.3, -0.25) is 14.5 Å². The molecule has 0 bridgehead atoms. The Morgan fingerprint density at radius 1 is 1.12 bits per heavy atom. The van der Waals surface area contributed by atoms with E-state index in [9.17, 15) is 18.0 Å². The van der Waals surface area contributed by atoms with E-state index in [0.29, 0.717) is 29.0 Å². The smallest absolute Gasteiger partial charge is 0.243 e. The van der Waals surface area contributed by atoms with Crippen molar-refractivity contribution in [3.63, 3.8) is 0 Å². The Hall–Kier alpha value is -2.02. The van der Waals surface area contributed by atoms with Gasteiger partial charge < -0.3 is 4.90 Å². The molecule has 2 heterocycles. The zero-order valence-corrected chi connectivity index (χ0v) is 20.2. The Balaban J connectivity index is 1.29. The average molecular weight is 496 g/mol. The number of nitrogens with zero attached hydrogens (tertiary/aromatic N) is 5. The third-order valence-corrected chi connectivity index (χ3v) is 9.33. The minimum Gasteiger partial charge on any atom is -0.339 e. The molecule has 1 aromatic carbocycles. The highest BCUT2D eigenvalue weighted by Crippen LogP contribution is 2.36. The predicted octanol–water partition coefficient (Wildman–Crippen LogP) is 2.07. The predicted molar refractivity (Wildman–Crippen MR) is 123 cm³/mol. The maximum atomic E-state index is 12.7. The number of aromatic nitrogens is 2. The highest BCUT2D eigenvalue weighted by molar-refractivity contribution is 8.01. The molecule has 32 heavy (non-hydrogen) atoms. The van der Waals surface area contributed by atoms with Crippen LogP contribution in [0.3, 0.4) is 0 Å². The van der Waals surface area contributed by atoms with Crippen LogP contribution in [0.2, 0.25) is 0 Å². The molecule has 2 amide bonds. The van der Waals surface area contributed by atoms with Crippen LogP contribution >= 0.6 is 23.1 Å². The first-order valence-corrected chi connectivity index (χ1v) is 13.8. The number of sulfonamides is 1. The van der Waals surface area contributed by atoms with Crippen molar-refractivity contribution in [2.75, 3.05) is 36.8 Å². The molecule has 12 heteroatoms. The van der Waals surface area contributed by atoms with Crippen molar-refractivity contribution < 1.29 is 18.0 Å². The summed E-state index contributed by atoms with van der Waals surface area (Å²) >= 11 is 2.63. The van der Waals surface area contributed by atoms with Crippen LogP contribution in [0.4, 0.5) is 5.13 Å². The highest BCUT2D eigenvalue weighted by atomic mass is 32.2. The normalized spacial score (nSPS) is 17.3. The SMILES string of the molecule is CCC(=O)N(c1nnc(SCC(=O)N2CCN(S(=O)(=O)c3ccccc3)CC2)s1)C1CC1. The molecule has 0 N–H and O–H groups in total. The summed E-state index contributed by atoms with van der Waals surface area (Å²) in [6.45, 7) is 3.08. The number of benzene rings is 1. The average Bonchev–Trinajstić information content (AvgIpc) is 3.55. The molecule has 0 unspecified atom stereocenters. The van der Waals surface area contributed by atoms with Crippen molar-refractivity contribution in [3.05, 3.63) is 30.3 Å². The highest BCUT2D eigenvalue weighted by Gasteiger charge is 2.35. The molecule has 0 spiro atoms. The van der Waals surface area contributed by atoms with Crippen LogP contribution in [-0.2, 0) is 19.6 Å². The van der Waals surface area contributed by atoms with Crippen LogP contribution in [0, 0.1) is 0 Å². The Bertz CT molecular complexity index is 1060. The van der Waals surface area contributed by atoms with Crippen molar-refractivity contribution >= 4 is 50.1 Å². The number of rotatable bonds is 8. The molecule has 1 aliphatic heterocycles. The van der Waals surface area contributed by atoms with E-state index in [0.717, 1.165) is 12.8 Å².